The minimum absolute atomic E-state index is 0.0275. The molecule has 156 valence electrons. The lowest BCUT2D eigenvalue weighted by Crippen LogP contribution is -2.47. The number of rotatable bonds is 10. The summed E-state index contributed by atoms with van der Waals surface area (Å²) in [5, 5.41) is 3.59. The van der Waals surface area contributed by atoms with E-state index in [2.05, 4.69) is 5.32 Å². The van der Waals surface area contributed by atoms with Crippen molar-refractivity contribution in [3.05, 3.63) is 64.7 Å². The number of benzene rings is 2. The van der Waals surface area contributed by atoms with E-state index in [0.717, 1.165) is 23.3 Å². The maximum atomic E-state index is 12.7. The summed E-state index contributed by atoms with van der Waals surface area (Å²) in [6.07, 6.45) is 1.86. The fourth-order valence-electron chi connectivity index (χ4n) is 3.00. The first-order valence-corrected chi connectivity index (χ1v) is 10.3. The third-order valence-electron chi connectivity index (χ3n) is 4.77. The molecule has 2 aromatic carbocycles. The normalized spacial score (nSPS) is 11.6. The molecule has 0 saturated carbocycles. The smallest absolute Gasteiger partial charge is 0.242 e. The zero-order valence-electron chi connectivity index (χ0n) is 17.3. The molecule has 29 heavy (non-hydrogen) atoms. The van der Waals surface area contributed by atoms with Crippen LogP contribution < -0.4 is 10.1 Å². The predicted octanol–water partition coefficient (Wildman–Crippen LogP) is 4.22. The molecule has 1 N–H and O–H groups in total. The van der Waals surface area contributed by atoms with Crippen LogP contribution in [0.1, 0.15) is 37.8 Å². The lowest BCUT2D eigenvalue weighted by molar-refractivity contribution is -0.140. The molecule has 0 saturated heterocycles. The van der Waals surface area contributed by atoms with Crippen molar-refractivity contribution in [2.24, 2.45) is 0 Å². The Kier molecular flexibility index (Phi) is 9.00. The molecule has 0 spiro atoms. The molecule has 1 atom stereocenters. The van der Waals surface area contributed by atoms with Crippen LogP contribution in [-0.2, 0) is 22.6 Å². The maximum Gasteiger partial charge on any atom is 0.242 e. The SMILES string of the molecule is CCCC(=O)N(Cc1ccc(Cl)cc1)[C@@H](C)C(=O)NCCc1ccc(OC)cc1. The number of halogens is 1. The number of ether oxygens (including phenoxy) is 1. The Bertz CT molecular complexity index is 791. The Balaban J connectivity index is 1.96. The number of amides is 2. The molecule has 0 aliphatic heterocycles. The van der Waals surface area contributed by atoms with Crippen LogP contribution in [0.3, 0.4) is 0 Å². The van der Waals surface area contributed by atoms with Crippen molar-refractivity contribution in [1.29, 1.82) is 0 Å². The molecule has 2 amide bonds. The number of hydrogen-bond acceptors (Lipinski definition) is 3. The van der Waals surface area contributed by atoms with Crippen molar-refractivity contribution >= 4 is 23.4 Å². The van der Waals surface area contributed by atoms with E-state index in [1.807, 2.05) is 43.3 Å². The van der Waals surface area contributed by atoms with Gasteiger partial charge in [-0.1, -0.05) is 42.8 Å². The van der Waals surface area contributed by atoms with Crippen LogP contribution in [0.5, 0.6) is 5.75 Å². The second kappa shape index (κ2) is 11.5. The number of hydrogen-bond donors (Lipinski definition) is 1. The van der Waals surface area contributed by atoms with Gasteiger partial charge in [-0.2, -0.15) is 0 Å². The Labute approximate surface area is 178 Å². The lowest BCUT2D eigenvalue weighted by Gasteiger charge is -2.29. The molecule has 0 aliphatic rings. The third-order valence-corrected chi connectivity index (χ3v) is 5.02. The van der Waals surface area contributed by atoms with Gasteiger partial charge in [-0.15, -0.1) is 0 Å². The van der Waals surface area contributed by atoms with E-state index in [0.29, 0.717) is 31.0 Å². The van der Waals surface area contributed by atoms with Crippen molar-refractivity contribution < 1.29 is 14.3 Å². The number of nitrogens with one attached hydrogen (secondary N) is 1. The van der Waals surface area contributed by atoms with Gasteiger partial charge in [-0.05, 0) is 55.2 Å². The van der Waals surface area contributed by atoms with Gasteiger partial charge in [-0.25, -0.2) is 0 Å². The van der Waals surface area contributed by atoms with E-state index < -0.39 is 6.04 Å². The molecule has 0 aliphatic carbocycles. The summed E-state index contributed by atoms with van der Waals surface area (Å²) < 4.78 is 5.15. The fraction of sp³-hybridized carbons (Fsp3) is 0.391. The Hall–Kier alpha value is -2.53. The van der Waals surface area contributed by atoms with Crippen LogP contribution in [0.15, 0.2) is 48.5 Å². The summed E-state index contributed by atoms with van der Waals surface area (Å²) in [4.78, 5) is 26.9. The Morgan fingerprint density at radius 1 is 1.07 bits per heavy atom. The van der Waals surface area contributed by atoms with Gasteiger partial charge in [0.1, 0.15) is 11.8 Å². The van der Waals surface area contributed by atoms with Crippen molar-refractivity contribution in [1.82, 2.24) is 10.2 Å². The summed E-state index contributed by atoms with van der Waals surface area (Å²) in [5.74, 6) is 0.621. The van der Waals surface area contributed by atoms with E-state index in [4.69, 9.17) is 16.3 Å². The second-order valence-corrected chi connectivity index (χ2v) is 7.40. The van der Waals surface area contributed by atoms with Gasteiger partial charge in [-0.3, -0.25) is 9.59 Å². The van der Waals surface area contributed by atoms with E-state index in [-0.39, 0.29) is 11.8 Å². The average Bonchev–Trinajstić information content (AvgIpc) is 2.73. The summed E-state index contributed by atoms with van der Waals surface area (Å²) in [6.45, 7) is 4.61. The molecular formula is C23H29ClN2O3. The first-order chi connectivity index (χ1) is 13.9. The van der Waals surface area contributed by atoms with E-state index in [9.17, 15) is 9.59 Å². The van der Waals surface area contributed by atoms with Gasteiger partial charge in [0.05, 0.1) is 7.11 Å². The van der Waals surface area contributed by atoms with Crippen molar-refractivity contribution in [2.75, 3.05) is 13.7 Å². The number of nitrogens with zero attached hydrogens (tertiary/aromatic N) is 1. The van der Waals surface area contributed by atoms with Crippen LogP contribution >= 0.6 is 11.6 Å². The Morgan fingerprint density at radius 3 is 2.28 bits per heavy atom. The number of carbonyl (C=O) groups excluding carboxylic acids is 2. The monoisotopic (exact) mass is 416 g/mol. The van der Waals surface area contributed by atoms with Gasteiger partial charge in [0.2, 0.25) is 11.8 Å². The van der Waals surface area contributed by atoms with Crippen LogP contribution in [0.25, 0.3) is 0 Å². The van der Waals surface area contributed by atoms with Crippen molar-refractivity contribution in [3.8, 4) is 5.75 Å². The highest BCUT2D eigenvalue weighted by molar-refractivity contribution is 6.30. The largest absolute Gasteiger partial charge is 0.497 e. The Morgan fingerprint density at radius 2 is 1.69 bits per heavy atom. The summed E-state index contributed by atoms with van der Waals surface area (Å²) in [5.41, 5.74) is 2.05. The standard InChI is InChI=1S/C23H29ClN2O3/c1-4-5-22(27)26(16-19-6-10-20(24)11-7-19)17(2)23(28)25-15-14-18-8-12-21(29-3)13-9-18/h6-13,17H,4-5,14-16H2,1-3H3,(H,25,28)/t17-/m0/s1. The quantitative estimate of drug-likeness (QED) is 0.630. The molecule has 2 aromatic rings. The summed E-state index contributed by atoms with van der Waals surface area (Å²) in [7, 11) is 1.63. The van der Waals surface area contributed by atoms with E-state index >= 15 is 0 Å². The molecule has 0 fully saturated rings. The topological polar surface area (TPSA) is 58.6 Å². The van der Waals surface area contributed by atoms with Gasteiger partial charge < -0.3 is 15.0 Å². The number of carbonyl (C=O) groups is 2. The average molecular weight is 417 g/mol. The molecule has 0 bridgehead atoms. The van der Waals surface area contributed by atoms with Gasteiger partial charge in [0.15, 0.2) is 0 Å². The van der Waals surface area contributed by atoms with Crippen LogP contribution in [-0.4, -0.2) is 36.4 Å². The minimum atomic E-state index is -0.555. The summed E-state index contributed by atoms with van der Waals surface area (Å²) >= 11 is 5.95. The fourth-order valence-corrected chi connectivity index (χ4v) is 3.12. The molecule has 0 heterocycles. The van der Waals surface area contributed by atoms with Crippen LogP contribution in [0, 0.1) is 0 Å². The molecule has 0 aromatic heterocycles. The van der Waals surface area contributed by atoms with Crippen molar-refractivity contribution in [2.45, 2.75) is 45.7 Å². The molecule has 5 nitrogen and oxygen atoms in total. The highest BCUT2D eigenvalue weighted by Gasteiger charge is 2.25. The summed E-state index contributed by atoms with van der Waals surface area (Å²) in [6, 6.07) is 14.5. The number of methoxy groups -OCH3 is 1. The first-order valence-electron chi connectivity index (χ1n) is 9.89. The third kappa shape index (κ3) is 7.09. The van der Waals surface area contributed by atoms with Crippen molar-refractivity contribution in [3.63, 3.8) is 0 Å². The van der Waals surface area contributed by atoms with Crippen LogP contribution in [0.4, 0.5) is 0 Å². The van der Waals surface area contributed by atoms with E-state index in [1.165, 1.54) is 0 Å². The molecule has 2 rings (SSSR count). The lowest BCUT2D eigenvalue weighted by atomic mass is 10.1. The zero-order valence-corrected chi connectivity index (χ0v) is 18.0. The van der Waals surface area contributed by atoms with Gasteiger partial charge in [0, 0.05) is 24.5 Å². The van der Waals surface area contributed by atoms with Crippen LogP contribution in [0.2, 0.25) is 5.02 Å². The molecule has 0 unspecified atom stereocenters. The predicted molar refractivity (Wildman–Crippen MR) is 116 cm³/mol. The molecule has 6 heteroatoms. The van der Waals surface area contributed by atoms with Gasteiger partial charge in [0.25, 0.3) is 0 Å². The first kappa shape index (κ1) is 22.8. The zero-order chi connectivity index (χ0) is 21.2. The maximum absolute atomic E-state index is 12.7. The highest BCUT2D eigenvalue weighted by Crippen LogP contribution is 2.15. The highest BCUT2D eigenvalue weighted by atomic mass is 35.5. The molecule has 0 radical (unpaired) electrons. The molecular weight excluding hydrogens is 388 g/mol. The second-order valence-electron chi connectivity index (χ2n) is 6.96. The van der Waals surface area contributed by atoms with Gasteiger partial charge >= 0.3 is 0 Å². The van der Waals surface area contributed by atoms with E-state index in [1.54, 1.807) is 31.1 Å². The minimum Gasteiger partial charge on any atom is -0.497 e.